The van der Waals surface area contributed by atoms with E-state index < -0.39 is 15.8 Å². The molecule has 0 aliphatic heterocycles. The quantitative estimate of drug-likeness (QED) is 0.552. The highest BCUT2D eigenvalue weighted by atomic mass is 32.2. The van der Waals surface area contributed by atoms with E-state index >= 15 is 0 Å². The number of carbonyl (C=O) groups excluding carboxylic acids is 1. The van der Waals surface area contributed by atoms with E-state index in [1.165, 1.54) is 30.3 Å². The fourth-order valence-electron chi connectivity index (χ4n) is 2.67. The summed E-state index contributed by atoms with van der Waals surface area (Å²) in [7, 11) is -3.91. The number of nitrogens with zero attached hydrogens (tertiary/aromatic N) is 2. The molecule has 0 saturated heterocycles. The van der Waals surface area contributed by atoms with Crippen molar-refractivity contribution in [3.05, 3.63) is 77.9 Å². The molecule has 0 aliphatic carbocycles. The molecule has 0 unspecified atom stereocenters. The molecule has 0 atom stereocenters. The SMILES string of the molecule is Cc1cnn(CCCNC(=O)c2cccc(S(=O)(=O)Nc3ccc(F)cc3)c2)c1. The van der Waals surface area contributed by atoms with Gasteiger partial charge in [-0.3, -0.25) is 14.2 Å². The number of aryl methyl sites for hydroxylation is 2. The predicted octanol–water partition coefficient (Wildman–Crippen LogP) is 2.95. The number of sulfonamides is 1. The lowest BCUT2D eigenvalue weighted by atomic mass is 10.2. The Hall–Kier alpha value is -3.20. The normalized spacial score (nSPS) is 11.2. The number of aromatic nitrogens is 2. The molecule has 2 N–H and O–H groups in total. The van der Waals surface area contributed by atoms with E-state index in [4.69, 9.17) is 0 Å². The highest BCUT2D eigenvalue weighted by Gasteiger charge is 2.16. The summed E-state index contributed by atoms with van der Waals surface area (Å²) >= 11 is 0. The number of hydrogen-bond donors (Lipinski definition) is 2. The van der Waals surface area contributed by atoms with E-state index in [-0.39, 0.29) is 22.1 Å². The zero-order valence-electron chi connectivity index (χ0n) is 15.8. The third-order valence-corrected chi connectivity index (χ3v) is 5.49. The van der Waals surface area contributed by atoms with Crippen LogP contribution in [0.25, 0.3) is 0 Å². The molecule has 3 rings (SSSR count). The van der Waals surface area contributed by atoms with Crippen molar-refractivity contribution in [2.45, 2.75) is 24.8 Å². The van der Waals surface area contributed by atoms with Gasteiger partial charge >= 0.3 is 0 Å². The second-order valence-corrected chi connectivity index (χ2v) is 8.21. The van der Waals surface area contributed by atoms with Crippen LogP contribution < -0.4 is 10.0 Å². The zero-order chi connectivity index (χ0) is 20.9. The molecule has 0 spiro atoms. The largest absolute Gasteiger partial charge is 0.352 e. The molecule has 1 amide bonds. The summed E-state index contributed by atoms with van der Waals surface area (Å²) in [6.07, 6.45) is 4.38. The van der Waals surface area contributed by atoms with Crippen LogP contribution in [0.15, 0.2) is 65.8 Å². The minimum Gasteiger partial charge on any atom is -0.352 e. The highest BCUT2D eigenvalue weighted by Crippen LogP contribution is 2.17. The van der Waals surface area contributed by atoms with Gasteiger partial charge < -0.3 is 5.32 Å². The third kappa shape index (κ3) is 5.64. The second-order valence-electron chi connectivity index (χ2n) is 6.53. The van der Waals surface area contributed by atoms with E-state index in [1.807, 2.05) is 13.1 Å². The Morgan fingerprint density at radius 3 is 2.62 bits per heavy atom. The lowest BCUT2D eigenvalue weighted by Gasteiger charge is -2.10. The molecule has 0 saturated carbocycles. The van der Waals surface area contributed by atoms with E-state index in [9.17, 15) is 17.6 Å². The Balaban J connectivity index is 1.60. The first-order chi connectivity index (χ1) is 13.8. The number of rotatable bonds is 8. The van der Waals surface area contributed by atoms with Gasteiger partial charge in [0, 0.05) is 30.5 Å². The van der Waals surface area contributed by atoms with Gasteiger partial charge in [0.2, 0.25) is 0 Å². The summed E-state index contributed by atoms with van der Waals surface area (Å²) in [5.74, 6) is -0.824. The highest BCUT2D eigenvalue weighted by molar-refractivity contribution is 7.92. The number of nitrogens with one attached hydrogen (secondary N) is 2. The van der Waals surface area contributed by atoms with Crippen molar-refractivity contribution >= 4 is 21.6 Å². The van der Waals surface area contributed by atoms with Crippen molar-refractivity contribution in [2.75, 3.05) is 11.3 Å². The van der Waals surface area contributed by atoms with Crippen molar-refractivity contribution in [2.24, 2.45) is 0 Å². The average molecular weight is 416 g/mol. The number of anilines is 1. The summed E-state index contributed by atoms with van der Waals surface area (Å²) < 4.78 is 42.2. The molecule has 1 heterocycles. The first-order valence-electron chi connectivity index (χ1n) is 8.99. The fraction of sp³-hybridized carbons (Fsp3) is 0.200. The van der Waals surface area contributed by atoms with Crippen LogP contribution in [0, 0.1) is 12.7 Å². The number of halogens is 1. The molecular weight excluding hydrogens is 395 g/mol. The van der Waals surface area contributed by atoms with Crippen LogP contribution >= 0.6 is 0 Å². The summed E-state index contributed by atoms with van der Waals surface area (Å²) in [5, 5.41) is 6.95. The maximum absolute atomic E-state index is 13.0. The van der Waals surface area contributed by atoms with Crippen molar-refractivity contribution in [1.29, 1.82) is 0 Å². The third-order valence-electron chi connectivity index (χ3n) is 4.11. The number of benzene rings is 2. The Morgan fingerprint density at radius 1 is 1.17 bits per heavy atom. The number of amides is 1. The van der Waals surface area contributed by atoms with Crippen LogP contribution in [0.5, 0.6) is 0 Å². The van der Waals surface area contributed by atoms with Gasteiger partial charge in [-0.05, 0) is 61.4 Å². The van der Waals surface area contributed by atoms with Crippen LogP contribution in [0.3, 0.4) is 0 Å². The number of carbonyl (C=O) groups is 1. The van der Waals surface area contributed by atoms with Gasteiger partial charge in [0.15, 0.2) is 0 Å². The monoisotopic (exact) mass is 416 g/mol. The molecule has 9 heteroatoms. The molecule has 7 nitrogen and oxygen atoms in total. The molecule has 0 bridgehead atoms. The van der Waals surface area contributed by atoms with E-state index in [0.29, 0.717) is 19.5 Å². The van der Waals surface area contributed by atoms with Crippen molar-refractivity contribution in [3.8, 4) is 0 Å². The van der Waals surface area contributed by atoms with Gasteiger partial charge in [0.25, 0.3) is 15.9 Å². The maximum atomic E-state index is 13.0. The summed E-state index contributed by atoms with van der Waals surface area (Å²) in [5.41, 5.74) is 1.54. The molecule has 0 fully saturated rings. The van der Waals surface area contributed by atoms with Gasteiger partial charge in [-0.15, -0.1) is 0 Å². The van der Waals surface area contributed by atoms with Gasteiger partial charge in [-0.2, -0.15) is 5.10 Å². The molecule has 3 aromatic rings. The van der Waals surface area contributed by atoms with Gasteiger partial charge in [0.05, 0.1) is 11.1 Å². The molecule has 29 heavy (non-hydrogen) atoms. The fourth-order valence-corrected chi connectivity index (χ4v) is 3.77. The van der Waals surface area contributed by atoms with Crippen LogP contribution in [0.2, 0.25) is 0 Å². The lowest BCUT2D eigenvalue weighted by molar-refractivity contribution is 0.0952. The predicted molar refractivity (Wildman–Crippen MR) is 108 cm³/mol. The lowest BCUT2D eigenvalue weighted by Crippen LogP contribution is -2.25. The minimum absolute atomic E-state index is 0.0542. The average Bonchev–Trinajstić information content (AvgIpc) is 3.12. The van der Waals surface area contributed by atoms with E-state index in [2.05, 4.69) is 15.1 Å². The van der Waals surface area contributed by atoms with Crippen LogP contribution in [-0.4, -0.2) is 30.7 Å². The summed E-state index contributed by atoms with van der Waals surface area (Å²) in [4.78, 5) is 12.3. The Kier molecular flexibility index (Phi) is 6.28. The van der Waals surface area contributed by atoms with Crippen LogP contribution in [0.1, 0.15) is 22.3 Å². The Morgan fingerprint density at radius 2 is 1.93 bits per heavy atom. The van der Waals surface area contributed by atoms with Crippen molar-refractivity contribution < 1.29 is 17.6 Å². The molecule has 2 aromatic carbocycles. The second kappa shape index (κ2) is 8.87. The molecule has 152 valence electrons. The number of hydrogen-bond acceptors (Lipinski definition) is 4. The minimum atomic E-state index is -3.91. The maximum Gasteiger partial charge on any atom is 0.261 e. The standard InChI is InChI=1S/C20H21FN4O3S/c1-15-13-23-25(14-15)11-3-10-22-20(26)16-4-2-5-19(12-16)29(27,28)24-18-8-6-17(21)7-9-18/h2,4-9,12-14,24H,3,10-11H2,1H3,(H,22,26). The van der Waals surface area contributed by atoms with E-state index in [0.717, 1.165) is 17.7 Å². The molecule has 0 radical (unpaired) electrons. The van der Waals surface area contributed by atoms with Crippen molar-refractivity contribution in [3.63, 3.8) is 0 Å². The summed E-state index contributed by atoms with van der Waals surface area (Å²) in [6, 6.07) is 10.7. The molecule has 0 aliphatic rings. The Labute approximate surface area is 168 Å². The first-order valence-corrected chi connectivity index (χ1v) is 10.5. The smallest absolute Gasteiger partial charge is 0.261 e. The molecule has 1 aromatic heterocycles. The first kappa shape index (κ1) is 20.5. The topological polar surface area (TPSA) is 93.1 Å². The Bertz CT molecular complexity index is 1090. The van der Waals surface area contributed by atoms with Crippen molar-refractivity contribution in [1.82, 2.24) is 15.1 Å². The van der Waals surface area contributed by atoms with Gasteiger partial charge in [-0.25, -0.2) is 12.8 Å². The van der Waals surface area contributed by atoms with Gasteiger partial charge in [0.1, 0.15) is 5.82 Å². The zero-order valence-corrected chi connectivity index (χ0v) is 16.6. The summed E-state index contributed by atoms with van der Waals surface area (Å²) in [6.45, 7) is 3.06. The van der Waals surface area contributed by atoms with Crippen LogP contribution in [0.4, 0.5) is 10.1 Å². The van der Waals surface area contributed by atoms with E-state index in [1.54, 1.807) is 16.9 Å². The molecular formula is C20H21FN4O3S. The van der Waals surface area contributed by atoms with Gasteiger partial charge in [-0.1, -0.05) is 6.07 Å². The van der Waals surface area contributed by atoms with Crippen LogP contribution in [-0.2, 0) is 16.6 Å².